The molecule has 0 atom stereocenters. The third kappa shape index (κ3) is 3.26. The van der Waals surface area contributed by atoms with Crippen LogP contribution in [-0.2, 0) is 6.42 Å². The molecule has 1 aromatic carbocycles. The van der Waals surface area contributed by atoms with Crippen LogP contribution in [0, 0.1) is 0 Å². The number of nitrogens with two attached hydrogens (primary N) is 1. The number of hydrogen-bond acceptors (Lipinski definition) is 5. The number of carbonyl (C=O) groups is 1. The van der Waals surface area contributed by atoms with Crippen LogP contribution in [0.4, 0.5) is 11.5 Å². The summed E-state index contributed by atoms with van der Waals surface area (Å²) in [5, 5.41) is 11.5. The number of aliphatic hydroxyl groups is 1. The van der Waals surface area contributed by atoms with E-state index >= 15 is 0 Å². The summed E-state index contributed by atoms with van der Waals surface area (Å²) < 4.78 is 0. The Morgan fingerprint density at radius 3 is 2.53 bits per heavy atom. The quantitative estimate of drug-likeness (QED) is 0.754. The number of nitrogen functional groups attached to an aromatic ring is 1. The predicted octanol–water partition coefficient (Wildman–Crippen LogP) is 0.846. The number of carbonyl (C=O) groups excluding carboxylic acids is 1. The van der Waals surface area contributed by atoms with Gasteiger partial charge < -0.3 is 16.2 Å². The molecule has 98 valence electrons. The van der Waals surface area contributed by atoms with Crippen LogP contribution in [0.25, 0.3) is 0 Å². The van der Waals surface area contributed by atoms with Crippen LogP contribution < -0.4 is 11.1 Å². The summed E-state index contributed by atoms with van der Waals surface area (Å²) in [7, 11) is 0. The van der Waals surface area contributed by atoms with Gasteiger partial charge in [0.1, 0.15) is 0 Å². The fourth-order valence-electron chi connectivity index (χ4n) is 1.60. The minimum Gasteiger partial charge on any atom is -0.396 e. The van der Waals surface area contributed by atoms with Gasteiger partial charge in [-0.3, -0.25) is 4.79 Å². The van der Waals surface area contributed by atoms with Gasteiger partial charge >= 0.3 is 0 Å². The highest BCUT2D eigenvalue weighted by Gasteiger charge is 2.11. The third-order valence-corrected chi connectivity index (χ3v) is 2.55. The first-order valence-corrected chi connectivity index (χ1v) is 5.78. The Bertz CT molecular complexity index is 569. The fourth-order valence-corrected chi connectivity index (χ4v) is 1.60. The van der Waals surface area contributed by atoms with Crippen LogP contribution in [0.15, 0.2) is 36.7 Å². The molecule has 0 fully saturated rings. The molecule has 4 N–H and O–H groups in total. The lowest BCUT2D eigenvalue weighted by Gasteiger charge is -2.06. The summed E-state index contributed by atoms with van der Waals surface area (Å²) in [5.41, 5.74) is 7.31. The van der Waals surface area contributed by atoms with Gasteiger partial charge in [-0.25, -0.2) is 9.97 Å². The summed E-state index contributed by atoms with van der Waals surface area (Å²) >= 11 is 0. The van der Waals surface area contributed by atoms with Crippen LogP contribution in [0.3, 0.4) is 0 Å². The van der Waals surface area contributed by atoms with E-state index in [1.165, 1.54) is 12.4 Å². The van der Waals surface area contributed by atoms with E-state index in [9.17, 15) is 4.79 Å². The maximum Gasteiger partial charge on any atom is 0.278 e. The average Bonchev–Trinajstić information content (AvgIpc) is 2.42. The van der Waals surface area contributed by atoms with Crippen molar-refractivity contribution in [2.45, 2.75) is 6.42 Å². The third-order valence-electron chi connectivity index (χ3n) is 2.55. The smallest absolute Gasteiger partial charge is 0.278 e. The standard InChI is InChI=1S/C13H14N4O2/c14-12-11(15-6-7-16-12)13(19)17-10-3-1-9(2-4-10)5-8-18/h1-4,6-7,18H,5,8H2,(H2,14,16)(H,17,19). The molecule has 6 heteroatoms. The molecule has 0 unspecified atom stereocenters. The number of aromatic nitrogens is 2. The number of hydrogen-bond donors (Lipinski definition) is 3. The Balaban J connectivity index is 2.09. The second-order valence-electron chi connectivity index (χ2n) is 3.91. The molecule has 1 amide bonds. The SMILES string of the molecule is Nc1nccnc1C(=O)Nc1ccc(CCO)cc1. The lowest BCUT2D eigenvalue weighted by molar-refractivity contribution is 0.102. The molecule has 0 saturated heterocycles. The minimum absolute atomic E-state index is 0.0944. The zero-order valence-corrected chi connectivity index (χ0v) is 10.2. The first kappa shape index (κ1) is 13.0. The molecule has 0 saturated carbocycles. The predicted molar refractivity (Wildman–Crippen MR) is 71.6 cm³/mol. The van der Waals surface area contributed by atoms with E-state index in [0.29, 0.717) is 12.1 Å². The van der Waals surface area contributed by atoms with Crippen LogP contribution in [0.5, 0.6) is 0 Å². The molecule has 0 aliphatic heterocycles. The van der Waals surface area contributed by atoms with Crippen molar-refractivity contribution in [2.75, 3.05) is 17.7 Å². The van der Waals surface area contributed by atoms with Gasteiger partial charge in [0.05, 0.1) is 0 Å². The van der Waals surface area contributed by atoms with E-state index in [-0.39, 0.29) is 18.1 Å². The Morgan fingerprint density at radius 2 is 1.89 bits per heavy atom. The Hall–Kier alpha value is -2.47. The molecule has 2 aromatic rings. The van der Waals surface area contributed by atoms with E-state index in [1.54, 1.807) is 12.1 Å². The number of anilines is 2. The number of nitrogens with one attached hydrogen (secondary N) is 1. The Labute approximate surface area is 110 Å². The fraction of sp³-hybridized carbons (Fsp3) is 0.154. The number of amides is 1. The van der Waals surface area contributed by atoms with Crippen molar-refractivity contribution < 1.29 is 9.90 Å². The van der Waals surface area contributed by atoms with Crippen molar-refractivity contribution >= 4 is 17.4 Å². The first-order chi connectivity index (χ1) is 9.20. The van der Waals surface area contributed by atoms with Gasteiger partial charge in [-0.05, 0) is 24.1 Å². The molecule has 0 aliphatic rings. The summed E-state index contributed by atoms with van der Waals surface area (Å²) in [5.74, 6) is -0.308. The lowest BCUT2D eigenvalue weighted by atomic mass is 10.1. The Morgan fingerprint density at radius 1 is 1.21 bits per heavy atom. The van der Waals surface area contributed by atoms with Gasteiger partial charge in [-0.1, -0.05) is 12.1 Å². The molecule has 1 heterocycles. The highest BCUT2D eigenvalue weighted by molar-refractivity contribution is 6.05. The summed E-state index contributed by atoms with van der Waals surface area (Å²) in [6, 6.07) is 7.20. The molecule has 0 bridgehead atoms. The summed E-state index contributed by atoms with van der Waals surface area (Å²) in [6.45, 7) is 0.0991. The second kappa shape index (κ2) is 5.92. The van der Waals surface area contributed by atoms with Gasteiger partial charge in [0, 0.05) is 24.7 Å². The van der Waals surface area contributed by atoms with Crippen LogP contribution in [0.1, 0.15) is 16.1 Å². The number of benzene rings is 1. The molecule has 1 aromatic heterocycles. The van der Waals surface area contributed by atoms with E-state index in [2.05, 4.69) is 15.3 Å². The molecule has 2 rings (SSSR count). The highest BCUT2D eigenvalue weighted by Crippen LogP contribution is 2.12. The second-order valence-corrected chi connectivity index (χ2v) is 3.91. The largest absolute Gasteiger partial charge is 0.396 e. The van der Waals surface area contributed by atoms with E-state index in [1.807, 2.05) is 12.1 Å². The molecule has 6 nitrogen and oxygen atoms in total. The van der Waals surface area contributed by atoms with E-state index in [4.69, 9.17) is 10.8 Å². The Kier molecular flexibility index (Phi) is 4.04. The molecule has 0 aliphatic carbocycles. The molecular formula is C13H14N4O2. The lowest BCUT2D eigenvalue weighted by Crippen LogP contribution is -2.16. The minimum atomic E-state index is -0.402. The first-order valence-electron chi connectivity index (χ1n) is 5.78. The molecule has 19 heavy (non-hydrogen) atoms. The summed E-state index contributed by atoms with van der Waals surface area (Å²) in [4.78, 5) is 19.6. The molecule has 0 spiro atoms. The summed E-state index contributed by atoms with van der Waals surface area (Å²) in [6.07, 6.45) is 3.43. The van der Waals surface area contributed by atoms with Crippen molar-refractivity contribution in [1.29, 1.82) is 0 Å². The maximum absolute atomic E-state index is 11.9. The van der Waals surface area contributed by atoms with Crippen molar-refractivity contribution in [3.05, 3.63) is 47.9 Å². The number of aliphatic hydroxyl groups excluding tert-OH is 1. The van der Waals surface area contributed by atoms with Crippen molar-refractivity contribution in [1.82, 2.24) is 9.97 Å². The van der Waals surface area contributed by atoms with Gasteiger partial charge in [-0.2, -0.15) is 0 Å². The van der Waals surface area contributed by atoms with Crippen molar-refractivity contribution in [2.24, 2.45) is 0 Å². The van der Waals surface area contributed by atoms with Gasteiger partial charge in [0.15, 0.2) is 11.5 Å². The van der Waals surface area contributed by atoms with Crippen LogP contribution in [-0.4, -0.2) is 27.6 Å². The van der Waals surface area contributed by atoms with Gasteiger partial charge in [-0.15, -0.1) is 0 Å². The normalized spacial score (nSPS) is 10.2. The number of rotatable bonds is 4. The molecular weight excluding hydrogens is 244 g/mol. The molecule has 0 radical (unpaired) electrons. The maximum atomic E-state index is 11.9. The van der Waals surface area contributed by atoms with Crippen LogP contribution in [0.2, 0.25) is 0 Å². The zero-order chi connectivity index (χ0) is 13.7. The average molecular weight is 258 g/mol. The van der Waals surface area contributed by atoms with Crippen molar-refractivity contribution in [3.63, 3.8) is 0 Å². The van der Waals surface area contributed by atoms with E-state index < -0.39 is 5.91 Å². The highest BCUT2D eigenvalue weighted by atomic mass is 16.2. The van der Waals surface area contributed by atoms with Crippen LogP contribution >= 0.6 is 0 Å². The van der Waals surface area contributed by atoms with Gasteiger partial charge in [0.2, 0.25) is 0 Å². The number of nitrogens with zero attached hydrogens (tertiary/aromatic N) is 2. The topological polar surface area (TPSA) is 101 Å². The monoisotopic (exact) mass is 258 g/mol. The van der Waals surface area contributed by atoms with Crippen molar-refractivity contribution in [3.8, 4) is 0 Å². The van der Waals surface area contributed by atoms with Gasteiger partial charge in [0.25, 0.3) is 5.91 Å². The zero-order valence-electron chi connectivity index (χ0n) is 10.2. The van der Waals surface area contributed by atoms with E-state index in [0.717, 1.165) is 5.56 Å².